The quantitative estimate of drug-likeness (QED) is 0.528. The van der Waals surface area contributed by atoms with Gasteiger partial charge >= 0.3 is 5.97 Å². The zero-order valence-electron chi connectivity index (χ0n) is 10.9. The number of allylic oxidation sites excluding steroid dienone is 2. The van der Waals surface area contributed by atoms with Gasteiger partial charge in [-0.1, -0.05) is 11.8 Å². The highest BCUT2D eigenvalue weighted by molar-refractivity contribution is 5.66. The lowest BCUT2D eigenvalue weighted by atomic mass is 10.1. The van der Waals surface area contributed by atoms with E-state index in [1.54, 1.807) is 19.1 Å². The van der Waals surface area contributed by atoms with E-state index >= 15 is 0 Å². The highest BCUT2D eigenvalue weighted by Crippen LogP contribution is 2.36. The van der Waals surface area contributed by atoms with Crippen LogP contribution in [0.5, 0.6) is 0 Å². The first-order valence-corrected chi connectivity index (χ1v) is 5.95. The number of carbonyl (C=O) groups excluding carboxylic acids is 1. The summed E-state index contributed by atoms with van der Waals surface area (Å²) in [5.74, 6) is 10.2. The van der Waals surface area contributed by atoms with Crippen molar-refractivity contribution < 1.29 is 19.0 Å². The molecule has 19 heavy (non-hydrogen) atoms. The van der Waals surface area contributed by atoms with Crippen LogP contribution in [0.25, 0.3) is 0 Å². The Hall–Kier alpha value is -2.17. The van der Waals surface area contributed by atoms with Gasteiger partial charge in [0.15, 0.2) is 0 Å². The molecule has 0 aliphatic carbocycles. The lowest BCUT2D eigenvalue weighted by Gasteiger charge is -2.20. The molecule has 1 saturated heterocycles. The molecule has 2 aliphatic rings. The molecule has 0 N–H and O–H groups in total. The molecule has 0 aromatic heterocycles. The second-order valence-corrected chi connectivity index (χ2v) is 4.18. The minimum Gasteiger partial charge on any atom is -0.460 e. The van der Waals surface area contributed by atoms with Gasteiger partial charge in [0, 0.05) is 13.0 Å². The third-order valence-electron chi connectivity index (χ3n) is 2.62. The van der Waals surface area contributed by atoms with Crippen LogP contribution in [0, 0.1) is 23.7 Å². The Kier molecular flexibility index (Phi) is 3.94. The SMILES string of the molecule is CC#CC#C/C=C1/C=C[C@@]2(C[C@@H](OC(C)=O)CO2)O1. The average molecular weight is 258 g/mol. The van der Waals surface area contributed by atoms with Crippen LogP contribution < -0.4 is 0 Å². The Morgan fingerprint density at radius 3 is 3.16 bits per heavy atom. The first-order valence-electron chi connectivity index (χ1n) is 5.95. The van der Waals surface area contributed by atoms with Gasteiger partial charge in [0.1, 0.15) is 11.9 Å². The van der Waals surface area contributed by atoms with E-state index in [2.05, 4.69) is 23.7 Å². The van der Waals surface area contributed by atoms with Gasteiger partial charge in [0.2, 0.25) is 5.79 Å². The first kappa shape index (κ1) is 13.3. The third kappa shape index (κ3) is 3.40. The zero-order chi connectivity index (χ0) is 13.7. The Labute approximate surface area is 112 Å². The Morgan fingerprint density at radius 2 is 2.42 bits per heavy atom. The summed E-state index contributed by atoms with van der Waals surface area (Å²) < 4.78 is 16.4. The van der Waals surface area contributed by atoms with Crippen molar-refractivity contribution in [3.05, 3.63) is 24.0 Å². The van der Waals surface area contributed by atoms with Crippen molar-refractivity contribution in [1.82, 2.24) is 0 Å². The summed E-state index contributed by atoms with van der Waals surface area (Å²) in [6, 6.07) is 0. The van der Waals surface area contributed by atoms with Gasteiger partial charge in [-0.2, -0.15) is 0 Å². The molecule has 2 heterocycles. The fourth-order valence-corrected chi connectivity index (χ4v) is 1.93. The summed E-state index contributed by atoms with van der Waals surface area (Å²) in [6.45, 7) is 3.44. The largest absolute Gasteiger partial charge is 0.460 e. The summed E-state index contributed by atoms with van der Waals surface area (Å²) in [7, 11) is 0. The Balaban J connectivity index is 1.96. The van der Waals surface area contributed by atoms with E-state index in [4.69, 9.17) is 14.2 Å². The van der Waals surface area contributed by atoms with Crippen LogP contribution in [0.4, 0.5) is 0 Å². The van der Waals surface area contributed by atoms with E-state index in [1.807, 2.05) is 6.08 Å². The van der Waals surface area contributed by atoms with Crippen LogP contribution in [-0.4, -0.2) is 24.5 Å². The molecule has 2 aliphatic heterocycles. The fraction of sp³-hybridized carbons (Fsp3) is 0.400. The average Bonchev–Trinajstić information content (AvgIpc) is 2.93. The smallest absolute Gasteiger partial charge is 0.302 e. The molecule has 0 radical (unpaired) electrons. The molecule has 98 valence electrons. The normalized spacial score (nSPS) is 29.4. The highest BCUT2D eigenvalue weighted by atomic mass is 16.7. The van der Waals surface area contributed by atoms with E-state index < -0.39 is 5.79 Å². The molecule has 1 fully saturated rings. The van der Waals surface area contributed by atoms with E-state index in [9.17, 15) is 4.79 Å². The number of hydrogen-bond acceptors (Lipinski definition) is 4. The summed E-state index contributed by atoms with van der Waals surface area (Å²) in [4.78, 5) is 10.9. The third-order valence-corrected chi connectivity index (χ3v) is 2.62. The molecule has 1 spiro atoms. The molecule has 4 nitrogen and oxygen atoms in total. The van der Waals surface area contributed by atoms with Crippen LogP contribution >= 0.6 is 0 Å². The maximum absolute atomic E-state index is 10.9. The lowest BCUT2D eigenvalue weighted by Crippen LogP contribution is -2.26. The van der Waals surface area contributed by atoms with Gasteiger partial charge in [-0.3, -0.25) is 4.79 Å². The highest BCUT2D eigenvalue weighted by Gasteiger charge is 2.44. The van der Waals surface area contributed by atoms with Crippen molar-refractivity contribution in [2.45, 2.75) is 32.2 Å². The van der Waals surface area contributed by atoms with Crippen LogP contribution in [0.2, 0.25) is 0 Å². The van der Waals surface area contributed by atoms with Crippen molar-refractivity contribution in [2.24, 2.45) is 0 Å². The van der Waals surface area contributed by atoms with Gasteiger partial charge in [-0.15, -0.1) is 0 Å². The monoisotopic (exact) mass is 258 g/mol. The van der Waals surface area contributed by atoms with Crippen molar-refractivity contribution >= 4 is 5.97 Å². The maximum Gasteiger partial charge on any atom is 0.302 e. The van der Waals surface area contributed by atoms with Gasteiger partial charge in [-0.05, 0) is 30.9 Å². The molecule has 4 heteroatoms. The van der Waals surface area contributed by atoms with Gasteiger partial charge in [0.25, 0.3) is 0 Å². The molecule has 2 atom stereocenters. The van der Waals surface area contributed by atoms with E-state index in [1.165, 1.54) is 6.92 Å². The molecule has 0 aromatic carbocycles. The minimum atomic E-state index is -0.815. The summed E-state index contributed by atoms with van der Waals surface area (Å²) in [5, 5.41) is 0. The van der Waals surface area contributed by atoms with E-state index in [0.29, 0.717) is 18.8 Å². The van der Waals surface area contributed by atoms with Crippen molar-refractivity contribution in [1.29, 1.82) is 0 Å². The fourth-order valence-electron chi connectivity index (χ4n) is 1.93. The summed E-state index contributed by atoms with van der Waals surface area (Å²) >= 11 is 0. The number of ether oxygens (including phenoxy) is 3. The Morgan fingerprint density at radius 1 is 1.58 bits per heavy atom. The maximum atomic E-state index is 10.9. The second-order valence-electron chi connectivity index (χ2n) is 4.18. The van der Waals surface area contributed by atoms with Crippen LogP contribution in [0.3, 0.4) is 0 Å². The molecule has 0 amide bonds. The van der Waals surface area contributed by atoms with Gasteiger partial charge in [-0.25, -0.2) is 0 Å². The number of esters is 1. The van der Waals surface area contributed by atoms with Crippen LogP contribution in [0.1, 0.15) is 20.3 Å². The first-order chi connectivity index (χ1) is 9.13. The standard InChI is InChI=1S/C15H14O4/c1-3-4-5-6-7-13-8-9-15(19-13)10-14(11-17-15)18-12(2)16/h7-9,14H,10-11H2,1-2H3/b13-7-/t14-,15+/m1/s1. The molecular weight excluding hydrogens is 244 g/mol. The molecule has 0 bridgehead atoms. The molecule has 0 aromatic rings. The number of rotatable bonds is 1. The number of carbonyl (C=O) groups is 1. The molecule has 0 saturated carbocycles. The lowest BCUT2D eigenvalue weighted by molar-refractivity contribution is -0.146. The van der Waals surface area contributed by atoms with E-state index in [-0.39, 0.29) is 12.1 Å². The molecule has 0 unspecified atom stereocenters. The van der Waals surface area contributed by atoms with Crippen molar-refractivity contribution in [3.8, 4) is 23.7 Å². The summed E-state index contributed by atoms with van der Waals surface area (Å²) in [6.07, 6.45) is 5.47. The Bertz CT molecular complexity index is 550. The van der Waals surface area contributed by atoms with Crippen LogP contribution in [0.15, 0.2) is 24.0 Å². The molecular formula is C15H14O4. The molecule has 2 rings (SSSR count). The van der Waals surface area contributed by atoms with E-state index in [0.717, 1.165) is 0 Å². The predicted octanol–water partition coefficient (Wildman–Crippen LogP) is 1.53. The summed E-state index contributed by atoms with van der Waals surface area (Å²) in [5.41, 5.74) is 0. The number of hydrogen-bond donors (Lipinski definition) is 0. The van der Waals surface area contributed by atoms with Crippen LogP contribution in [-0.2, 0) is 19.0 Å². The topological polar surface area (TPSA) is 44.8 Å². The predicted molar refractivity (Wildman–Crippen MR) is 68.4 cm³/mol. The minimum absolute atomic E-state index is 0.265. The second kappa shape index (κ2) is 5.65. The van der Waals surface area contributed by atoms with Gasteiger partial charge in [0.05, 0.1) is 13.0 Å². The van der Waals surface area contributed by atoms with Gasteiger partial charge < -0.3 is 14.2 Å². The van der Waals surface area contributed by atoms with Crippen molar-refractivity contribution in [2.75, 3.05) is 6.61 Å². The van der Waals surface area contributed by atoms with Crippen molar-refractivity contribution in [3.63, 3.8) is 0 Å². The zero-order valence-corrected chi connectivity index (χ0v) is 10.9.